The van der Waals surface area contributed by atoms with Crippen molar-refractivity contribution in [2.24, 2.45) is 5.92 Å². The first-order valence-electron chi connectivity index (χ1n) is 6.74. The molecule has 0 N–H and O–H groups in total. The third kappa shape index (κ3) is 3.77. The van der Waals surface area contributed by atoms with Crippen LogP contribution in [0.3, 0.4) is 0 Å². The fourth-order valence-corrected chi connectivity index (χ4v) is 2.61. The van der Waals surface area contributed by atoms with E-state index in [1.807, 2.05) is 12.1 Å². The van der Waals surface area contributed by atoms with Gasteiger partial charge in [0.25, 0.3) is 0 Å². The van der Waals surface area contributed by atoms with E-state index in [0.717, 1.165) is 38.0 Å². The summed E-state index contributed by atoms with van der Waals surface area (Å²) in [6, 6.07) is 6.60. The van der Waals surface area contributed by atoms with Crippen LogP contribution in [0.4, 0.5) is 4.39 Å². The van der Waals surface area contributed by atoms with Crippen LogP contribution in [-0.4, -0.2) is 42.9 Å². The second kappa shape index (κ2) is 6.15. The third-order valence-corrected chi connectivity index (χ3v) is 3.61. The van der Waals surface area contributed by atoms with Gasteiger partial charge < -0.3 is 4.90 Å². The van der Waals surface area contributed by atoms with E-state index in [1.54, 1.807) is 19.0 Å². The van der Waals surface area contributed by atoms with Crippen LogP contribution in [0.15, 0.2) is 24.3 Å². The van der Waals surface area contributed by atoms with Crippen molar-refractivity contribution in [2.75, 3.05) is 27.2 Å². The summed E-state index contributed by atoms with van der Waals surface area (Å²) in [5, 5.41) is 0. The molecule has 0 spiro atoms. The monoisotopic (exact) mass is 264 g/mol. The highest BCUT2D eigenvalue weighted by Gasteiger charge is 2.26. The molecular formula is C15H21FN2O. The van der Waals surface area contributed by atoms with Gasteiger partial charge in [-0.2, -0.15) is 0 Å². The lowest BCUT2D eigenvalue weighted by Gasteiger charge is -2.33. The van der Waals surface area contributed by atoms with Gasteiger partial charge in [-0.15, -0.1) is 0 Å². The molecule has 1 aliphatic rings. The number of benzene rings is 1. The van der Waals surface area contributed by atoms with E-state index in [1.165, 1.54) is 12.1 Å². The molecule has 0 aliphatic carbocycles. The summed E-state index contributed by atoms with van der Waals surface area (Å²) in [6.45, 7) is 2.60. The topological polar surface area (TPSA) is 23.6 Å². The molecule has 1 aromatic rings. The molecule has 104 valence electrons. The van der Waals surface area contributed by atoms with Crippen molar-refractivity contribution in [3.63, 3.8) is 0 Å². The van der Waals surface area contributed by atoms with E-state index in [0.29, 0.717) is 0 Å². The zero-order valence-corrected chi connectivity index (χ0v) is 11.6. The molecular weight excluding hydrogens is 243 g/mol. The van der Waals surface area contributed by atoms with Crippen molar-refractivity contribution in [1.29, 1.82) is 0 Å². The van der Waals surface area contributed by atoms with Gasteiger partial charge >= 0.3 is 0 Å². The van der Waals surface area contributed by atoms with Crippen molar-refractivity contribution in [3.8, 4) is 0 Å². The fourth-order valence-electron chi connectivity index (χ4n) is 2.61. The van der Waals surface area contributed by atoms with Crippen molar-refractivity contribution in [2.45, 2.75) is 19.4 Å². The first kappa shape index (κ1) is 14.0. The Labute approximate surface area is 114 Å². The molecule has 4 heteroatoms. The lowest BCUT2D eigenvalue weighted by atomic mass is 9.96. The molecule has 1 fully saturated rings. The quantitative estimate of drug-likeness (QED) is 0.835. The molecule has 3 nitrogen and oxygen atoms in total. The molecule has 0 aromatic heterocycles. The Morgan fingerprint density at radius 1 is 1.37 bits per heavy atom. The van der Waals surface area contributed by atoms with Gasteiger partial charge in [-0.3, -0.25) is 9.69 Å². The van der Waals surface area contributed by atoms with Crippen LogP contribution < -0.4 is 0 Å². The molecule has 1 heterocycles. The molecule has 0 radical (unpaired) electrons. The number of rotatable bonds is 3. The minimum Gasteiger partial charge on any atom is -0.349 e. The number of carbonyl (C=O) groups excluding carboxylic acids is 1. The van der Waals surface area contributed by atoms with Gasteiger partial charge in [0.1, 0.15) is 5.82 Å². The van der Waals surface area contributed by atoms with Crippen LogP contribution in [0.25, 0.3) is 0 Å². The Hall–Kier alpha value is -1.42. The second-order valence-corrected chi connectivity index (χ2v) is 5.43. The first-order chi connectivity index (χ1) is 9.06. The Morgan fingerprint density at radius 2 is 2.05 bits per heavy atom. The molecule has 1 aromatic carbocycles. The number of halogens is 1. The van der Waals surface area contributed by atoms with Crippen molar-refractivity contribution in [1.82, 2.24) is 9.80 Å². The van der Waals surface area contributed by atoms with Gasteiger partial charge in [-0.25, -0.2) is 4.39 Å². The van der Waals surface area contributed by atoms with Crippen LogP contribution in [0, 0.1) is 11.7 Å². The first-order valence-corrected chi connectivity index (χ1v) is 6.74. The Bertz CT molecular complexity index is 430. The molecule has 1 saturated heterocycles. The van der Waals surface area contributed by atoms with E-state index in [2.05, 4.69) is 4.90 Å². The number of carbonyl (C=O) groups is 1. The predicted octanol–water partition coefficient (Wildman–Crippen LogP) is 2.13. The Morgan fingerprint density at radius 3 is 2.68 bits per heavy atom. The van der Waals surface area contributed by atoms with E-state index >= 15 is 0 Å². The van der Waals surface area contributed by atoms with Gasteiger partial charge in [0.15, 0.2) is 0 Å². The summed E-state index contributed by atoms with van der Waals surface area (Å²) in [6.07, 6.45) is 2.02. The van der Waals surface area contributed by atoms with Crippen molar-refractivity contribution in [3.05, 3.63) is 35.6 Å². The average molecular weight is 264 g/mol. The maximum Gasteiger partial charge on any atom is 0.226 e. The highest BCUT2D eigenvalue weighted by Crippen LogP contribution is 2.20. The maximum atomic E-state index is 12.9. The summed E-state index contributed by atoms with van der Waals surface area (Å²) in [5.74, 6) is 0.107. The second-order valence-electron chi connectivity index (χ2n) is 5.43. The molecule has 1 amide bonds. The van der Waals surface area contributed by atoms with E-state index < -0.39 is 0 Å². The van der Waals surface area contributed by atoms with Crippen LogP contribution in [-0.2, 0) is 11.3 Å². The third-order valence-electron chi connectivity index (χ3n) is 3.61. The van der Waals surface area contributed by atoms with Gasteiger partial charge in [0, 0.05) is 27.2 Å². The molecule has 0 bridgehead atoms. The van der Waals surface area contributed by atoms with Crippen LogP contribution in [0.5, 0.6) is 0 Å². The summed E-state index contributed by atoms with van der Waals surface area (Å²) in [4.78, 5) is 15.9. The minimum absolute atomic E-state index is 0.101. The van der Waals surface area contributed by atoms with Crippen molar-refractivity contribution >= 4 is 5.91 Å². The van der Waals surface area contributed by atoms with Crippen LogP contribution in [0.2, 0.25) is 0 Å². The molecule has 1 atom stereocenters. The van der Waals surface area contributed by atoms with Gasteiger partial charge in [0.2, 0.25) is 5.91 Å². The number of piperidine rings is 1. The highest BCUT2D eigenvalue weighted by molar-refractivity contribution is 5.78. The van der Waals surface area contributed by atoms with Gasteiger partial charge in [-0.1, -0.05) is 12.1 Å². The van der Waals surface area contributed by atoms with Crippen molar-refractivity contribution < 1.29 is 9.18 Å². The molecule has 1 unspecified atom stereocenters. The van der Waals surface area contributed by atoms with Gasteiger partial charge in [0.05, 0.1) is 5.92 Å². The van der Waals surface area contributed by atoms with Crippen LogP contribution >= 0.6 is 0 Å². The SMILES string of the molecule is CN(C)C(=O)C1CCCN(Cc2ccc(F)cc2)C1. The standard InChI is InChI=1S/C15H21FN2O/c1-17(2)15(19)13-4-3-9-18(11-13)10-12-5-7-14(16)8-6-12/h5-8,13H,3-4,9-11H2,1-2H3. The Kier molecular flexibility index (Phi) is 4.53. The lowest BCUT2D eigenvalue weighted by molar-refractivity contribution is -0.134. The zero-order valence-electron chi connectivity index (χ0n) is 11.6. The zero-order chi connectivity index (χ0) is 13.8. The summed E-state index contributed by atoms with van der Waals surface area (Å²) in [7, 11) is 3.61. The minimum atomic E-state index is -0.206. The summed E-state index contributed by atoms with van der Waals surface area (Å²) < 4.78 is 12.9. The predicted molar refractivity (Wildman–Crippen MR) is 73.1 cm³/mol. The maximum absolute atomic E-state index is 12.9. The smallest absolute Gasteiger partial charge is 0.226 e. The largest absolute Gasteiger partial charge is 0.349 e. The van der Waals surface area contributed by atoms with Gasteiger partial charge in [-0.05, 0) is 37.1 Å². The molecule has 1 aliphatic heterocycles. The van der Waals surface area contributed by atoms with E-state index in [9.17, 15) is 9.18 Å². The lowest BCUT2D eigenvalue weighted by Crippen LogP contribution is -2.42. The summed E-state index contributed by atoms with van der Waals surface area (Å²) in [5.41, 5.74) is 1.10. The highest BCUT2D eigenvalue weighted by atomic mass is 19.1. The number of nitrogens with zero attached hydrogens (tertiary/aromatic N) is 2. The molecule has 19 heavy (non-hydrogen) atoms. The Balaban J connectivity index is 1.94. The number of hydrogen-bond donors (Lipinski definition) is 0. The number of likely N-dealkylation sites (tertiary alicyclic amines) is 1. The summed E-state index contributed by atoms with van der Waals surface area (Å²) >= 11 is 0. The van der Waals surface area contributed by atoms with E-state index in [-0.39, 0.29) is 17.6 Å². The normalized spacial score (nSPS) is 20.3. The average Bonchev–Trinajstić information content (AvgIpc) is 2.41. The molecule has 0 saturated carbocycles. The number of hydrogen-bond acceptors (Lipinski definition) is 2. The van der Waals surface area contributed by atoms with Crippen LogP contribution in [0.1, 0.15) is 18.4 Å². The molecule has 2 rings (SSSR count). The number of amides is 1. The fraction of sp³-hybridized carbons (Fsp3) is 0.533. The van der Waals surface area contributed by atoms with E-state index in [4.69, 9.17) is 0 Å².